The number of benzene rings is 1. The fraction of sp³-hybridized carbons (Fsp3) is 0.500. The van der Waals surface area contributed by atoms with Crippen LogP contribution in [-0.4, -0.2) is 64.2 Å². The summed E-state index contributed by atoms with van der Waals surface area (Å²) in [6.45, 7) is 6.42. The Balaban J connectivity index is 1.83. The monoisotopic (exact) mass is 486 g/mol. The molecule has 2 aliphatic rings. The number of aliphatic hydroxyl groups excluding tert-OH is 4. The van der Waals surface area contributed by atoms with Crippen LogP contribution in [0.2, 0.25) is 0 Å². The third-order valence-corrected chi connectivity index (χ3v) is 6.49. The number of hydrogen-bond acceptors (Lipinski definition) is 6. The van der Waals surface area contributed by atoms with Crippen molar-refractivity contribution < 1.29 is 38.7 Å². The van der Waals surface area contributed by atoms with Crippen LogP contribution in [0.25, 0.3) is 0 Å². The molecule has 2 heterocycles. The minimum Gasteiger partial charge on any atom is -0.491 e. The summed E-state index contributed by atoms with van der Waals surface area (Å²) in [7, 11) is 0. The summed E-state index contributed by atoms with van der Waals surface area (Å²) in [5.41, 5.74) is 2.40. The molecule has 0 radical (unpaired) electrons. The maximum atomic E-state index is 13.4. The average molecular weight is 487 g/mol. The zero-order valence-corrected chi connectivity index (χ0v) is 19.2. The van der Waals surface area contributed by atoms with E-state index in [-0.39, 0.29) is 5.56 Å². The smallest absolute Gasteiger partial charge is 0.270 e. The van der Waals surface area contributed by atoms with Gasteiger partial charge in [-0.15, -0.1) is 0 Å². The van der Waals surface area contributed by atoms with Gasteiger partial charge >= 0.3 is 0 Å². The Morgan fingerprint density at radius 1 is 1.15 bits per heavy atom. The quantitative estimate of drug-likeness (QED) is 0.473. The summed E-state index contributed by atoms with van der Waals surface area (Å²) in [6.07, 6.45) is -5.72. The lowest BCUT2D eigenvalue weighted by Crippen LogP contribution is -2.58. The van der Waals surface area contributed by atoms with E-state index in [9.17, 15) is 29.2 Å². The van der Waals surface area contributed by atoms with E-state index in [0.29, 0.717) is 41.4 Å². The number of alkyl halides is 2. The summed E-state index contributed by atoms with van der Waals surface area (Å²) >= 11 is 6.62. The number of rotatable bonds is 7. The predicted molar refractivity (Wildman–Crippen MR) is 119 cm³/mol. The molecule has 0 aliphatic carbocycles. The summed E-state index contributed by atoms with van der Waals surface area (Å²) in [5, 5.41) is 40.3. The molecule has 0 unspecified atom stereocenters. The number of aliphatic hydroxyl groups is 4. The van der Waals surface area contributed by atoms with Gasteiger partial charge in [0.15, 0.2) is 0 Å². The molecule has 0 spiro atoms. The highest BCUT2D eigenvalue weighted by Gasteiger charge is 2.45. The summed E-state index contributed by atoms with van der Waals surface area (Å²) in [6, 6.07) is 6.01. The number of halogens is 3. The number of allylic oxidation sites excluding steroid dienone is 2. The largest absolute Gasteiger partial charge is 0.491 e. The molecule has 0 bridgehead atoms. The van der Waals surface area contributed by atoms with Crippen LogP contribution in [0.3, 0.4) is 0 Å². The molecule has 4 N–H and O–H groups in total. The molecular formula is C24H29ClF2O6. The van der Waals surface area contributed by atoms with Crippen molar-refractivity contribution in [2.45, 2.75) is 63.1 Å². The van der Waals surface area contributed by atoms with Crippen LogP contribution in [0, 0.1) is 0 Å². The van der Waals surface area contributed by atoms with Crippen LogP contribution in [0.1, 0.15) is 31.4 Å². The van der Waals surface area contributed by atoms with E-state index in [4.69, 9.17) is 21.1 Å². The van der Waals surface area contributed by atoms with Gasteiger partial charge in [0, 0.05) is 24.5 Å². The minimum atomic E-state index is -2.91. The van der Waals surface area contributed by atoms with Gasteiger partial charge in [-0.1, -0.05) is 42.4 Å². The first kappa shape index (κ1) is 25.8. The second kappa shape index (κ2) is 10.2. The molecule has 0 amide bonds. The lowest BCUT2D eigenvalue weighted by Gasteiger charge is -2.41. The van der Waals surface area contributed by atoms with Crippen LogP contribution in [0.5, 0.6) is 0 Å². The van der Waals surface area contributed by atoms with E-state index in [1.54, 1.807) is 19.1 Å². The van der Waals surface area contributed by atoms with Crippen molar-refractivity contribution in [3.63, 3.8) is 0 Å². The second-order valence-corrected chi connectivity index (χ2v) is 8.92. The molecule has 1 aromatic carbocycles. The molecule has 0 saturated carbocycles. The Bertz CT molecular complexity index is 935. The van der Waals surface area contributed by atoms with Gasteiger partial charge in [0.2, 0.25) is 0 Å². The Hall–Kier alpha value is -1.81. The fourth-order valence-electron chi connectivity index (χ4n) is 4.01. The van der Waals surface area contributed by atoms with Gasteiger partial charge in [0.25, 0.3) is 5.92 Å². The highest BCUT2D eigenvalue weighted by atomic mass is 35.5. The number of hydrogen-bond donors (Lipinski definition) is 4. The second-order valence-electron chi connectivity index (χ2n) is 8.54. The van der Waals surface area contributed by atoms with Gasteiger partial charge < -0.3 is 29.9 Å². The van der Waals surface area contributed by atoms with Gasteiger partial charge in [-0.05, 0) is 30.1 Å². The SMILES string of the molecule is C=C(C1=C(/C(Cl)=C(\C)Cc2ccc(C(C)(F)F)cc2)OCC1)[C@@H]1O[C@H](CO)[C@@H](O)[C@H](O)[C@H]1O. The fourth-order valence-corrected chi connectivity index (χ4v) is 4.25. The van der Waals surface area contributed by atoms with E-state index in [1.807, 2.05) is 0 Å². The van der Waals surface area contributed by atoms with Crippen molar-refractivity contribution in [2.75, 3.05) is 13.2 Å². The van der Waals surface area contributed by atoms with Crippen molar-refractivity contribution in [3.05, 3.63) is 69.5 Å². The van der Waals surface area contributed by atoms with Crippen LogP contribution < -0.4 is 0 Å². The lowest BCUT2D eigenvalue weighted by atomic mass is 9.87. The standard InChI is InChI=1S/C24H29ClF2O6/c1-12(10-14-4-6-15(7-5-14)24(3,26)27)18(25)23-16(8-9-32-23)13(2)22-21(31)20(30)19(29)17(11-28)33-22/h4-7,17,19-22,28-31H,2,8-11H2,1,3H3/b18-12-/t17-,19-,20+,21-,22+/m1/s1. The van der Waals surface area contributed by atoms with Gasteiger partial charge in [-0.2, -0.15) is 0 Å². The van der Waals surface area contributed by atoms with Crippen molar-refractivity contribution in [1.82, 2.24) is 0 Å². The van der Waals surface area contributed by atoms with Crippen molar-refractivity contribution in [3.8, 4) is 0 Å². The van der Waals surface area contributed by atoms with E-state index in [1.165, 1.54) is 12.1 Å². The molecule has 1 saturated heterocycles. The van der Waals surface area contributed by atoms with Gasteiger partial charge in [-0.3, -0.25) is 0 Å². The summed E-state index contributed by atoms with van der Waals surface area (Å²) in [4.78, 5) is 0. The molecule has 1 aromatic rings. The Labute approximate surface area is 196 Å². The van der Waals surface area contributed by atoms with Crippen LogP contribution in [0.4, 0.5) is 8.78 Å². The first-order valence-electron chi connectivity index (χ1n) is 10.6. The first-order valence-corrected chi connectivity index (χ1v) is 11.0. The first-order chi connectivity index (χ1) is 15.5. The predicted octanol–water partition coefficient (Wildman–Crippen LogP) is 2.93. The molecule has 1 fully saturated rings. The molecule has 2 aliphatic heterocycles. The molecular weight excluding hydrogens is 458 g/mol. The molecule has 182 valence electrons. The Morgan fingerprint density at radius 2 is 1.79 bits per heavy atom. The maximum absolute atomic E-state index is 13.4. The highest BCUT2D eigenvalue weighted by Crippen LogP contribution is 2.38. The Kier molecular flexibility index (Phi) is 7.99. The molecule has 33 heavy (non-hydrogen) atoms. The van der Waals surface area contributed by atoms with E-state index < -0.39 is 43.0 Å². The number of ether oxygens (including phenoxy) is 2. The summed E-state index contributed by atoms with van der Waals surface area (Å²) < 4.78 is 38.2. The summed E-state index contributed by atoms with van der Waals surface area (Å²) in [5.74, 6) is -2.55. The van der Waals surface area contributed by atoms with Gasteiger partial charge in [0.1, 0.15) is 36.3 Å². The molecule has 0 aromatic heterocycles. The Morgan fingerprint density at radius 3 is 2.36 bits per heavy atom. The van der Waals surface area contributed by atoms with Crippen LogP contribution >= 0.6 is 11.6 Å². The van der Waals surface area contributed by atoms with Crippen molar-refractivity contribution in [1.29, 1.82) is 0 Å². The van der Waals surface area contributed by atoms with Gasteiger partial charge in [0.05, 0.1) is 18.2 Å². The average Bonchev–Trinajstić information content (AvgIpc) is 3.26. The van der Waals surface area contributed by atoms with Gasteiger partial charge in [-0.25, -0.2) is 8.78 Å². The minimum absolute atomic E-state index is 0.0704. The topological polar surface area (TPSA) is 99.4 Å². The normalized spacial score (nSPS) is 29.1. The third-order valence-electron chi connectivity index (χ3n) is 6.00. The molecule has 3 rings (SSSR count). The lowest BCUT2D eigenvalue weighted by molar-refractivity contribution is -0.218. The van der Waals surface area contributed by atoms with E-state index in [0.717, 1.165) is 18.1 Å². The molecule has 5 atom stereocenters. The third kappa shape index (κ3) is 5.48. The van der Waals surface area contributed by atoms with Crippen molar-refractivity contribution >= 4 is 11.6 Å². The van der Waals surface area contributed by atoms with E-state index >= 15 is 0 Å². The van der Waals surface area contributed by atoms with E-state index in [2.05, 4.69) is 6.58 Å². The molecule has 9 heteroatoms. The van der Waals surface area contributed by atoms with Crippen LogP contribution in [-0.2, 0) is 21.8 Å². The zero-order valence-electron chi connectivity index (χ0n) is 18.5. The highest BCUT2D eigenvalue weighted by molar-refractivity contribution is 6.32. The van der Waals surface area contributed by atoms with Crippen LogP contribution in [0.15, 0.2) is 58.4 Å². The maximum Gasteiger partial charge on any atom is 0.270 e. The van der Waals surface area contributed by atoms with Crippen molar-refractivity contribution in [2.24, 2.45) is 0 Å². The molecule has 6 nitrogen and oxygen atoms in total. The zero-order chi connectivity index (χ0) is 24.5.